The molecule has 0 aliphatic heterocycles. The summed E-state index contributed by atoms with van der Waals surface area (Å²) in [6.07, 6.45) is 0. The molecule has 2 rings (SSSR count). The zero-order chi connectivity index (χ0) is 15.1. The summed E-state index contributed by atoms with van der Waals surface area (Å²) in [4.78, 5) is 11.8. The van der Waals surface area contributed by atoms with Gasteiger partial charge in [0.2, 0.25) is 0 Å². The number of methoxy groups -OCH3 is 1. The van der Waals surface area contributed by atoms with Crippen LogP contribution in [-0.4, -0.2) is 13.1 Å². The van der Waals surface area contributed by atoms with Gasteiger partial charge in [-0.25, -0.2) is 4.79 Å². The summed E-state index contributed by atoms with van der Waals surface area (Å²) in [5, 5.41) is 6.24. The topological polar surface area (TPSA) is 50.4 Å². The summed E-state index contributed by atoms with van der Waals surface area (Å²) in [6.45, 7) is 0.837. The largest absolute Gasteiger partial charge is 0.496 e. The lowest BCUT2D eigenvalue weighted by Gasteiger charge is -2.10. The predicted octanol–water partition coefficient (Wildman–Crippen LogP) is 3.35. The molecule has 0 fully saturated rings. The minimum atomic E-state index is -0.235. The Labute approximate surface area is 129 Å². The molecule has 21 heavy (non-hydrogen) atoms. The number of halogens is 1. The minimum absolute atomic E-state index is 0.235. The van der Waals surface area contributed by atoms with Crippen LogP contribution in [0.15, 0.2) is 48.5 Å². The van der Waals surface area contributed by atoms with Gasteiger partial charge in [0.1, 0.15) is 5.75 Å². The second-order valence-electron chi connectivity index (χ2n) is 4.48. The van der Waals surface area contributed by atoms with Crippen molar-refractivity contribution in [1.82, 2.24) is 10.6 Å². The number of carbonyl (C=O) groups is 1. The van der Waals surface area contributed by atoms with Crippen molar-refractivity contribution < 1.29 is 9.53 Å². The molecule has 0 aliphatic rings. The molecular formula is C16H17ClN2O2. The van der Waals surface area contributed by atoms with E-state index < -0.39 is 0 Å². The zero-order valence-corrected chi connectivity index (χ0v) is 12.5. The van der Waals surface area contributed by atoms with E-state index in [9.17, 15) is 4.79 Å². The van der Waals surface area contributed by atoms with Gasteiger partial charge in [-0.1, -0.05) is 41.9 Å². The van der Waals surface area contributed by atoms with Crippen LogP contribution < -0.4 is 15.4 Å². The number of hydrogen-bond donors (Lipinski definition) is 2. The highest BCUT2D eigenvalue weighted by molar-refractivity contribution is 6.30. The molecular weight excluding hydrogens is 288 g/mol. The highest BCUT2D eigenvalue weighted by atomic mass is 35.5. The Hall–Kier alpha value is -2.20. The molecule has 110 valence electrons. The number of para-hydroxylation sites is 1. The quantitative estimate of drug-likeness (QED) is 0.890. The van der Waals surface area contributed by atoms with Crippen LogP contribution in [-0.2, 0) is 13.1 Å². The molecule has 5 heteroatoms. The van der Waals surface area contributed by atoms with E-state index in [2.05, 4.69) is 10.6 Å². The molecule has 0 radical (unpaired) electrons. The van der Waals surface area contributed by atoms with Crippen molar-refractivity contribution in [3.05, 3.63) is 64.7 Å². The van der Waals surface area contributed by atoms with Crippen LogP contribution in [0.5, 0.6) is 5.75 Å². The molecule has 2 N–H and O–H groups in total. The Balaban J connectivity index is 1.82. The lowest BCUT2D eigenvalue weighted by Crippen LogP contribution is -2.34. The summed E-state index contributed by atoms with van der Waals surface area (Å²) < 4.78 is 5.23. The van der Waals surface area contributed by atoms with E-state index in [1.54, 1.807) is 13.2 Å². The molecule has 0 saturated carbocycles. The van der Waals surface area contributed by atoms with Gasteiger partial charge in [0.15, 0.2) is 0 Å². The first-order valence-corrected chi connectivity index (χ1v) is 6.95. The van der Waals surface area contributed by atoms with E-state index in [1.807, 2.05) is 42.5 Å². The molecule has 0 unspecified atom stereocenters. The van der Waals surface area contributed by atoms with E-state index in [4.69, 9.17) is 16.3 Å². The van der Waals surface area contributed by atoms with Crippen molar-refractivity contribution in [2.24, 2.45) is 0 Å². The molecule has 0 aliphatic carbocycles. The van der Waals surface area contributed by atoms with Crippen LogP contribution >= 0.6 is 11.6 Å². The summed E-state index contributed by atoms with van der Waals surface area (Å²) in [5.74, 6) is 0.757. The second kappa shape index (κ2) is 7.55. The molecule has 0 atom stereocenters. The highest BCUT2D eigenvalue weighted by Crippen LogP contribution is 2.16. The van der Waals surface area contributed by atoms with Crippen LogP contribution in [0.25, 0.3) is 0 Å². The van der Waals surface area contributed by atoms with Gasteiger partial charge >= 0.3 is 6.03 Å². The fourth-order valence-corrected chi connectivity index (χ4v) is 2.13. The number of hydrogen-bond acceptors (Lipinski definition) is 2. The molecule has 0 heterocycles. The first-order valence-electron chi connectivity index (χ1n) is 6.57. The average molecular weight is 305 g/mol. The van der Waals surface area contributed by atoms with Gasteiger partial charge in [0.05, 0.1) is 7.11 Å². The molecule has 2 amide bonds. The molecule has 0 aromatic heterocycles. The maximum absolute atomic E-state index is 11.8. The van der Waals surface area contributed by atoms with E-state index in [0.29, 0.717) is 18.1 Å². The SMILES string of the molecule is COc1ccccc1CNC(=O)NCc1cccc(Cl)c1. The van der Waals surface area contributed by atoms with Crippen molar-refractivity contribution in [3.63, 3.8) is 0 Å². The Bertz CT molecular complexity index is 617. The Morgan fingerprint density at radius 3 is 2.62 bits per heavy atom. The fourth-order valence-electron chi connectivity index (χ4n) is 1.92. The lowest BCUT2D eigenvalue weighted by atomic mass is 10.2. The first kappa shape index (κ1) is 15.2. The monoisotopic (exact) mass is 304 g/mol. The third-order valence-electron chi connectivity index (χ3n) is 2.97. The van der Waals surface area contributed by atoms with Gasteiger partial charge in [-0.15, -0.1) is 0 Å². The minimum Gasteiger partial charge on any atom is -0.496 e. The average Bonchev–Trinajstić information content (AvgIpc) is 2.51. The van der Waals surface area contributed by atoms with Crippen LogP contribution in [0.3, 0.4) is 0 Å². The van der Waals surface area contributed by atoms with Gasteiger partial charge in [-0.2, -0.15) is 0 Å². The fraction of sp³-hybridized carbons (Fsp3) is 0.188. The molecule has 2 aromatic rings. The van der Waals surface area contributed by atoms with Gasteiger partial charge in [0.25, 0.3) is 0 Å². The van der Waals surface area contributed by atoms with E-state index in [-0.39, 0.29) is 6.03 Å². The number of nitrogens with one attached hydrogen (secondary N) is 2. The van der Waals surface area contributed by atoms with Crippen molar-refractivity contribution in [2.45, 2.75) is 13.1 Å². The van der Waals surface area contributed by atoms with Crippen molar-refractivity contribution in [2.75, 3.05) is 7.11 Å². The first-order chi connectivity index (χ1) is 10.2. The number of benzene rings is 2. The van der Waals surface area contributed by atoms with Gasteiger partial charge in [0, 0.05) is 23.7 Å². The van der Waals surface area contributed by atoms with E-state index in [0.717, 1.165) is 16.9 Å². The molecule has 2 aromatic carbocycles. The molecule has 0 spiro atoms. The van der Waals surface area contributed by atoms with Crippen LogP contribution in [0.1, 0.15) is 11.1 Å². The number of ether oxygens (including phenoxy) is 1. The Morgan fingerprint density at radius 2 is 1.86 bits per heavy atom. The number of carbonyl (C=O) groups excluding carboxylic acids is 1. The van der Waals surface area contributed by atoms with Crippen LogP contribution in [0.4, 0.5) is 4.79 Å². The summed E-state index contributed by atoms with van der Waals surface area (Å²) in [7, 11) is 1.61. The Kier molecular flexibility index (Phi) is 5.46. The van der Waals surface area contributed by atoms with Gasteiger partial charge in [-0.05, 0) is 23.8 Å². The summed E-state index contributed by atoms with van der Waals surface area (Å²) in [5.41, 5.74) is 1.88. The normalized spacial score (nSPS) is 10.0. The van der Waals surface area contributed by atoms with E-state index >= 15 is 0 Å². The standard InChI is InChI=1S/C16H17ClN2O2/c1-21-15-8-3-2-6-13(15)11-19-16(20)18-10-12-5-4-7-14(17)9-12/h2-9H,10-11H2,1H3,(H2,18,19,20). The smallest absolute Gasteiger partial charge is 0.315 e. The van der Waals surface area contributed by atoms with Crippen LogP contribution in [0.2, 0.25) is 5.02 Å². The zero-order valence-electron chi connectivity index (χ0n) is 11.7. The third kappa shape index (κ3) is 4.68. The highest BCUT2D eigenvalue weighted by Gasteiger charge is 2.04. The number of rotatable bonds is 5. The molecule has 0 saturated heterocycles. The molecule has 4 nitrogen and oxygen atoms in total. The number of urea groups is 1. The van der Waals surface area contributed by atoms with Crippen molar-refractivity contribution in [3.8, 4) is 5.75 Å². The van der Waals surface area contributed by atoms with Gasteiger partial charge in [-0.3, -0.25) is 0 Å². The third-order valence-corrected chi connectivity index (χ3v) is 3.21. The van der Waals surface area contributed by atoms with Crippen LogP contribution in [0, 0.1) is 0 Å². The lowest BCUT2D eigenvalue weighted by molar-refractivity contribution is 0.240. The van der Waals surface area contributed by atoms with Crippen molar-refractivity contribution in [1.29, 1.82) is 0 Å². The summed E-state index contributed by atoms with van der Waals surface area (Å²) in [6, 6.07) is 14.7. The predicted molar refractivity (Wildman–Crippen MR) is 83.5 cm³/mol. The maximum Gasteiger partial charge on any atom is 0.315 e. The summed E-state index contributed by atoms with van der Waals surface area (Å²) >= 11 is 5.89. The Morgan fingerprint density at radius 1 is 1.10 bits per heavy atom. The van der Waals surface area contributed by atoms with Crippen molar-refractivity contribution >= 4 is 17.6 Å². The molecule has 0 bridgehead atoms. The van der Waals surface area contributed by atoms with Gasteiger partial charge < -0.3 is 15.4 Å². The second-order valence-corrected chi connectivity index (χ2v) is 4.91. The van der Waals surface area contributed by atoms with E-state index in [1.165, 1.54) is 0 Å². The number of amides is 2. The maximum atomic E-state index is 11.8.